The number of ether oxygens (including phenoxy) is 4. The van der Waals surface area contributed by atoms with Crippen LogP contribution in [0.5, 0.6) is 11.5 Å². The van der Waals surface area contributed by atoms with Crippen molar-refractivity contribution in [1.29, 1.82) is 0 Å². The van der Waals surface area contributed by atoms with E-state index in [1.54, 1.807) is 11.8 Å². The average Bonchev–Trinajstić information content (AvgIpc) is 3.60. The Morgan fingerprint density at radius 1 is 1.21 bits per heavy atom. The number of hydrogen-bond acceptors (Lipinski definition) is 10. The van der Waals surface area contributed by atoms with Gasteiger partial charge in [-0.25, -0.2) is 15.0 Å². The molecule has 5 heterocycles. The highest BCUT2D eigenvalue weighted by Crippen LogP contribution is 2.38. The van der Waals surface area contributed by atoms with Crippen LogP contribution in [0.2, 0.25) is 0 Å². The highest BCUT2D eigenvalue weighted by Gasteiger charge is 2.39. The third-order valence-electron chi connectivity index (χ3n) is 7.37. The van der Waals surface area contributed by atoms with Crippen LogP contribution < -0.4 is 20.7 Å². The standard InChI is InChI=1S/C25H31BN6O5S/c1-25(2)36-11-18(37-25)23(33)31-6-3-14(4-7-31)5-8-32-22-20(21(27)28-12-29-22)30-24(32)38-19-10-17-16(9-15(19)26)34-13-35-17/h9-10,12,14,18H,3-8,11,13,26H2,1-2H3,(H2,27,28,29)/t18-/m0/s1. The Morgan fingerprint density at radius 2 is 1.97 bits per heavy atom. The normalized spacial score (nSPS) is 20.9. The van der Waals surface area contributed by atoms with Crippen LogP contribution in [0.3, 0.4) is 0 Å². The molecule has 2 saturated heterocycles. The van der Waals surface area contributed by atoms with Crippen molar-refractivity contribution in [2.75, 3.05) is 32.2 Å². The lowest BCUT2D eigenvalue weighted by Gasteiger charge is -2.33. The molecule has 2 aromatic heterocycles. The number of rotatable bonds is 6. The minimum absolute atomic E-state index is 0.0274. The lowest BCUT2D eigenvalue weighted by Crippen LogP contribution is -2.45. The predicted molar refractivity (Wildman–Crippen MR) is 143 cm³/mol. The summed E-state index contributed by atoms with van der Waals surface area (Å²) in [7, 11) is 2.05. The number of aryl methyl sites for hydroxylation is 1. The molecule has 2 fully saturated rings. The molecule has 38 heavy (non-hydrogen) atoms. The van der Waals surface area contributed by atoms with E-state index in [4.69, 9.17) is 29.7 Å². The molecule has 0 saturated carbocycles. The van der Waals surface area contributed by atoms with Gasteiger partial charge in [-0.2, -0.15) is 0 Å². The second kappa shape index (κ2) is 9.94. The van der Waals surface area contributed by atoms with Gasteiger partial charge < -0.3 is 34.1 Å². The van der Waals surface area contributed by atoms with Gasteiger partial charge in [0.2, 0.25) is 6.79 Å². The number of amides is 1. The monoisotopic (exact) mass is 538 g/mol. The van der Waals surface area contributed by atoms with Gasteiger partial charge in [0.15, 0.2) is 45.5 Å². The Hall–Kier alpha value is -3.03. The molecule has 1 atom stereocenters. The van der Waals surface area contributed by atoms with Crippen LogP contribution in [-0.2, 0) is 20.8 Å². The molecule has 200 valence electrons. The smallest absolute Gasteiger partial charge is 0.254 e. The molecule has 0 spiro atoms. The first-order valence-electron chi connectivity index (χ1n) is 12.9. The summed E-state index contributed by atoms with van der Waals surface area (Å²) in [4.78, 5) is 29.3. The molecule has 1 amide bonds. The maximum absolute atomic E-state index is 12.9. The molecular weight excluding hydrogens is 507 g/mol. The summed E-state index contributed by atoms with van der Waals surface area (Å²) in [5, 5.41) is 0.808. The lowest BCUT2D eigenvalue weighted by atomic mass is 9.93. The number of imidazole rings is 1. The molecule has 1 aromatic carbocycles. The first kappa shape index (κ1) is 25.3. The molecule has 6 rings (SSSR count). The van der Waals surface area contributed by atoms with Crippen molar-refractivity contribution < 1.29 is 23.7 Å². The van der Waals surface area contributed by atoms with Gasteiger partial charge in [-0.1, -0.05) is 17.2 Å². The first-order valence-corrected chi connectivity index (χ1v) is 13.7. The van der Waals surface area contributed by atoms with Gasteiger partial charge in [0.1, 0.15) is 14.2 Å². The van der Waals surface area contributed by atoms with E-state index in [9.17, 15) is 4.79 Å². The fourth-order valence-corrected chi connectivity index (χ4v) is 6.22. The fourth-order valence-electron chi connectivity index (χ4n) is 5.21. The molecule has 0 bridgehead atoms. The van der Waals surface area contributed by atoms with E-state index >= 15 is 0 Å². The SMILES string of the molecule is Bc1cc2c(cc1Sc1nc3c(N)ncnc3n1CCC1CCN(C(=O)[C@@H]3COC(C)(C)O3)CC1)OCO2. The van der Waals surface area contributed by atoms with E-state index < -0.39 is 11.9 Å². The van der Waals surface area contributed by atoms with E-state index in [-0.39, 0.29) is 12.7 Å². The van der Waals surface area contributed by atoms with Crippen LogP contribution in [0.25, 0.3) is 11.2 Å². The molecule has 2 N–H and O–H groups in total. The summed E-state index contributed by atoms with van der Waals surface area (Å²) in [5.74, 6) is 1.67. The number of likely N-dealkylation sites (tertiary alicyclic amines) is 1. The van der Waals surface area contributed by atoms with Gasteiger partial charge >= 0.3 is 0 Å². The van der Waals surface area contributed by atoms with Crippen molar-refractivity contribution in [3.05, 3.63) is 18.5 Å². The van der Waals surface area contributed by atoms with E-state index in [1.165, 1.54) is 6.33 Å². The van der Waals surface area contributed by atoms with E-state index in [2.05, 4.69) is 14.5 Å². The van der Waals surface area contributed by atoms with Crippen molar-refractivity contribution in [2.45, 2.75) is 61.6 Å². The van der Waals surface area contributed by atoms with Crippen molar-refractivity contribution in [1.82, 2.24) is 24.4 Å². The number of nitrogens with two attached hydrogens (primary N) is 1. The number of piperidine rings is 1. The van der Waals surface area contributed by atoms with Crippen LogP contribution >= 0.6 is 11.8 Å². The van der Waals surface area contributed by atoms with Gasteiger partial charge in [0.25, 0.3) is 5.91 Å². The van der Waals surface area contributed by atoms with Gasteiger partial charge in [0, 0.05) is 24.5 Å². The van der Waals surface area contributed by atoms with E-state index in [0.717, 1.165) is 71.6 Å². The predicted octanol–water partition coefficient (Wildman–Crippen LogP) is 1.33. The van der Waals surface area contributed by atoms with Crippen molar-refractivity contribution in [3.8, 4) is 11.5 Å². The van der Waals surface area contributed by atoms with Gasteiger partial charge in [-0.3, -0.25) is 4.79 Å². The second-order valence-electron chi connectivity index (χ2n) is 10.4. The zero-order valence-corrected chi connectivity index (χ0v) is 22.6. The van der Waals surface area contributed by atoms with E-state index in [0.29, 0.717) is 23.9 Å². The molecule has 3 aromatic rings. The summed E-state index contributed by atoms with van der Waals surface area (Å²) >= 11 is 1.56. The first-order chi connectivity index (χ1) is 18.3. The number of aromatic nitrogens is 4. The quantitative estimate of drug-likeness (QED) is 0.460. The van der Waals surface area contributed by atoms with Crippen LogP contribution in [-0.4, -0.2) is 76.6 Å². The summed E-state index contributed by atoms with van der Waals surface area (Å²) < 4.78 is 24.6. The Balaban J connectivity index is 1.15. The van der Waals surface area contributed by atoms with Crippen molar-refractivity contribution in [2.24, 2.45) is 5.92 Å². The van der Waals surface area contributed by atoms with Gasteiger partial charge in [-0.15, -0.1) is 0 Å². The minimum atomic E-state index is -0.700. The van der Waals surface area contributed by atoms with E-state index in [1.807, 2.05) is 38.7 Å². The summed E-state index contributed by atoms with van der Waals surface area (Å²) in [6.07, 6.45) is 3.80. The molecule has 3 aliphatic rings. The summed E-state index contributed by atoms with van der Waals surface area (Å²) in [5.41, 5.74) is 8.57. The number of anilines is 1. The van der Waals surface area contributed by atoms with Crippen LogP contribution in [0.1, 0.15) is 33.1 Å². The van der Waals surface area contributed by atoms with Crippen LogP contribution in [0.15, 0.2) is 28.5 Å². The second-order valence-corrected chi connectivity index (χ2v) is 11.4. The number of benzene rings is 1. The number of carbonyl (C=O) groups excluding carboxylic acids is 1. The number of carbonyl (C=O) groups is 1. The van der Waals surface area contributed by atoms with Crippen molar-refractivity contribution in [3.63, 3.8) is 0 Å². The highest BCUT2D eigenvalue weighted by molar-refractivity contribution is 7.99. The molecule has 11 nitrogen and oxygen atoms in total. The molecule has 3 aliphatic heterocycles. The van der Waals surface area contributed by atoms with Crippen molar-refractivity contribution >= 4 is 48.0 Å². The number of nitrogen functional groups attached to an aromatic ring is 1. The molecule has 0 radical (unpaired) electrons. The Labute approximate surface area is 225 Å². The molecule has 0 aliphatic carbocycles. The lowest BCUT2D eigenvalue weighted by molar-refractivity contribution is -0.161. The minimum Gasteiger partial charge on any atom is -0.454 e. The van der Waals surface area contributed by atoms with Crippen LogP contribution in [0, 0.1) is 5.92 Å². The zero-order valence-electron chi connectivity index (χ0n) is 21.8. The largest absolute Gasteiger partial charge is 0.454 e. The Bertz CT molecular complexity index is 1380. The number of hydrogen-bond donors (Lipinski definition) is 1. The Morgan fingerprint density at radius 3 is 2.71 bits per heavy atom. The third-order valence-corrected chi connectivity index (χ3v) is 8.52. The zero-order chi connectivity index (χ0) is 26.4. The fraction of sp³-hybridized carbons (Fsp3) is 0.520. The molecule has 0 unspecified atom stereocenters. The van der Waals surface area contributed by atoms with Gasteiger partial charge in [-0.05, 0) is 51.2 Å². The maximum atomic E-state index is 12.9. The summed E-state index contributed by atoms with van der Waals surface area (Å²) in [6.45, 7) is 6.41. The highest BCUT2D eigenvalue weighted by atomic mass is 32.2. The molecule has 13 heteroatoms. The molecular formula is C25H31BN6O5S. The average molecular weight is 538 g/mol. The van der Waals surface area contributed by atoms with Crippen LogP contribution in [0.4, 0.5) is 5.82 Å². The topological polar surface area (TPSA) is 127 Å². The summed E-state index contributed by atoms with van der Waals surface area (Å²) in [6, 6.07) is 3.98. The Kier molecular flexibility index (Phi) is 6.61. The van der Waals surface area contributed by atoms with Gasteiger partial charge in [0.05, 0.1) is 6.61 Å². The third kappa shape index (κ3) is 4.90. The number of fused-ring (bicyclic) bond motifs is 2. The maximum Gasteiger partial charge on any atom is 0.254 e. The number of nitrogens with zero attached hydrogens (tertiary/aromatic N) is 5.